The fourth-order valence-corrected chi connectivity index (χ4v) is 2.31. The fourth-order valence-electron chi connectivity index (χ4n) is 1.90. The highest BCUT2D eigenvalue weighted by Crippen LogP contribution is 2.29. The van der Waals surface area contributed by atoms with Crippen molar-refractivity contribution < 1.29 is 26.4 Å². The Morgan fingerprint density at radius 1 is 1.45 bits per heavy atom. The quantitative estimate of drug-likeness (QED) is 0.645. The molecule has 0 aromatic carbocycles. The molecule has 0 aliphatic heterocycles. The van der Waals surface area contributed by atoms with Crippen LogP contribution in [0.1, 0.15) is 12.6 Å². The van der Waals surface area contributed by atoms with E-state index in [4.69, 9.17) is 4.55 Å². The third-order valence-electron chi connectivity index (χ3n) is 2.97. The second kappa shape index (κ2) is 5.69. The van der Waals surface area contributed by atoms with Gasteiger partial charge in [-0.05, 0) is 11.2 Å². The molecule has 0 saturated carbocycles. The minimum atomic E-state index is -4.06. The van der Waals surface area contributed by atoms with E-state index in [1.54, 1.807) is 6.07 Å². The lowest BCUT2D eigenvalue weighted by molar-refractivity contribution is -0.750. The average molecular weight is 333 g/mol. The van der Waals surface area contributed by atoms with Crippen LogP contribution in [0.2, 0.25) is 0 Å². The Morgan fingerprint density at radius 2 is 2.14 bits per heavy atom. The molecule has 0 amide bonds. The van der Waals surface area contributed by atoms with Gasteiger partial charge in [0.1, 0.15) is 17.6 Å². The van der Waals surface area contributed by atoms with Gasteiger partial charge in [0, 0.05) is 25.6 Å². The molecule has 0 aliphatic carbocycles. The van der Waals surface area contributed by atoms with Gasteiger partial charge in [0.25, 0.3) is 16.0 Å². The lowest BCUT2D eigenvalue weighted by Gasteiger charge is -2.08. The summed E-state index contributed by atoms with van der Waals surface area (Å²) in [5.41, 5.74) is 0.647. The molecular formula is C12H15F2N4O3S+. The minimum absolute atomic E-state index is 0.0143. The Labute approximate surface area is 125 Å². The van der Waals surface area contributed by atoms with E-state index in [2.05, 4.69) is 10.2 Å². The van der Waals surface area contributed by atoms with Crippen LogP contribution in [-0.2, 0) is 29.6 Å². The van der Waals surface area contributed by atoms with Gasteiger partial charge in [0.2, 0.25) is 0 Å². The Kier molecular flexibility index (Phi) is 4.25. The maximum atomic E-state index is 13.4. The summed E-state index contributed by atoms with van der Waals surface area (Å²) < 4.78 is 59.1. The summed E-state index contributed by atoms with van der Waals surface area (Å²) in [6.07, 6.45) is 2.88. The molecule has 0 spiro atoms. The molecular weight excluding hydrogens is 318 g/mol. The van der Waals surface area contributed by atoms with E-state index in [1.807, 2.05) is 0 Å². The zero-order valence-electron chi connectivity index (χ0n) is 11.9. The Morgan fingerprint density at radius 3 is 2.59 bits per heavy atom. The second-order valence-electron chi connectivity index (χ2n) is 4.89. The van der Waals surface area contributed by atoms with E-state index >= 15 is 0 Å². The zero-order valence-corrected chi connectivity index (χ0v) is 12.8. The van der Waals surface area contributed by atoms with Gasteiger partial charge in [-0.3, -0.25) is 9.23 Å². The normalized spacial score (nSPS) is 12.6. The Balaban J connectivity index is 2.21. The van der Waals surface area contributed by atoms with Gasteiger partial charge in [-0.1, -0.05) is 4.68 Å². The van der Waals surface area contributed by atoms with Gasteiger partial charge in [-0.2, -0.15) is 22.3 Å². The van der Waals surface area contributed by atoms with Crippen LogP contribution < -0.4 is 4.68 Å². The van der Waals surface area contributed by atoms with Crippen LogP contribution in [0.3, 0.4) is 0 Å². The molecule has 0 unspecified atom stereocenters. The summed E-state index contributed by atoms with van der Waals surface area (Å²) in [5.74, 6) is -3.46. The predicted molar refractivity (Wildman–Crippen MR) is 72.6 cm³/mol. The van der Waals surface area contributed by atoms with Crippen molar-refractivity contribution in [3.63, 3.8) is 0 Å². The van der Waals surface area contributed by atoms with E-state index in [-0.39, 0.29) is 12.2 Å². The lowest BCUT2D eigenvalue weighted by Crippen LogP contribution is -2.40. The molecule has 0 radical (unpaired) electrons. The van der Waals surface area contributed by atoms with Gasteiger partial charge < -0.3 is 0 Å². The van der Waals surface area contributed by atoms with Crippen LogP contribution in [-0.4, -0.2) is 33.6 Å². The van der Waals surface area contributed by atoms with Crippen LogP contribution in [0.4, 0.5) is 8.78 Å². The first-order chi connectivity index (χ1) is 10.1. The Bertz CT molecular complexity index is 767. The van der Waals surface area contributed by atoms with Crippen molar-refractivity contribution >= 4 is 10.1 Å². The number of halogens is 2. The lowest BCUT2D eigenvalue weighted by atomic mass is 10.2. The highest BCUT2D eigenvalue weighted by atomic mass is 32.2. The van der Waals surface area contributed by atoms with E-state index in [0.29, 0.717) is 11.3 Å². The maximum Gasteiger partial charge on any atom is 0.286 e. The SMILES string of the molecule is Cn1nc(-c2cc[n+](CCS(=O)(=O)O)nc2)cc1C(C)(F)F. The highest BCUT2D eigenvalue weighted by Gasteiger charge is 2.29. The molecule has 1 N–H and O–H groups in total. The van der Waals surface area contributed by atoms with Gasteiger partial charge in [-0.15, -0.1) is 0 Å². The monoisotopic (exact) mass is 333 g/mol. The number of hydrogen-bond donors (Lipinski definition) is 1. The number of hydrogen-bond acceptors (Lipinski definition) is 4. The molecule has 2 aromatic heterocycles. The van der Waals surface area contributed by atoms with Gasteiger partial charge in [0.15, 0.2) is 12.7 Å². The largest absolute Gasteiger partial charge is 0.286 e. The summed E-state index contributed by atoms with van der Waals surface area (Å²) in [7, 11) is -2.63. The van der Waals surface area contributed by atoms with Crippen molar-refractivity contribution in [3.05, 3.63) is 30.2 Å². The summed E-state index contributed by atoms with van der Waals surface area (Å²) in [6, 6.07) is 2.86. The molecule has 2 aromatic rings. The van der Waals surface area contributed by atoms with Crippen molar-refractivity contribution in [3.8, 4) is 11.3 Å². The third kappa shape index (κ3) is 4.04. The number of aryl methyl sites for hydroxylation is 2. The smallest absolute Gasteiger partial charge is 0.285 e. The van der Waals surface area contributed by atoms with Gasteiger partial charge >= 0.3 is 0 Å². The van der Waals surface area contributed by atoms with Crippen LogP contribution >= 0.6 is 0 Å². The third-order valence-corrected chi connectivity index (χ3v) is 3.67. The van der Waals surface area contributed by atoms with Gasteiger partial charge in [-0.25, -0.2) is 0 Å². The minimum Gasteiger partial charge on any atom is -0.285 e. The van der Waals surface area contributed by atoms with E-state index in [1.165, 1.54) is 30.2 Å². The number of rotatable bonds is 5. The molecule has 120 valence electrons. The van der Waals surface area contributed by atoms with Crippen molar-refractivity contribution in [2.24, 2.45) is 7.05 Å². The zero-order chi connectivity index (χ0) is 16.5. The second-order valence-corrected chi connectivity index (χ2v) is 6.46. The molecule has 0 fully saturated rings. The summed E-state index contributed by atoms with van der Waals surface area (Å²) in [5, 5.41) is 7.98. The highest BCUT2D eigenvalue weighted by molar-refractivity contribution is 7.85. The van der Waals surface area contributed by atoms with E-state index in [0.717, 1.165) is 11.6 Å². The average Bonchev–Trinajstić information content (AvgIpc) is 2.78. The predicted octanol–water partition coefficient (Wildman–Crippen LogP) is 0.769. The number of aromatic nitrogens is 4. The molecule has 2 rings (SSSR count). The topological polar surface area (TPSA) is 89.0 Å². The number of alkyl halides is 2. The van der Waals surface area contributed by atoms with Gasteiger partial charge in [0.05, 0.1) is 5.69 Å². The van der Waals surface area contributed by atoms with E-state index in [9.17, 15) is 17.2 Å². The van der Waals surface area contributed by atoms with Crippen LogP contribution in [0.15, 0.2) is 24.5 Å². The molecule has 0 bridgehead atoms. The summed E-state index contributed by atoms with van der Waals surface area (Å²) in [4.78, 5) is 0. The Hall–Kier alpha value is -1.94. The number of nitrogens with zero attached hydrogens (tertiary/aromatic N) is 4. The molecule has 2 heterocycles. The molecule has 0 saturated heterocycles. The van der Waals surface area contributed by atoms with Crippen LogP contribution in [0, 0.1) is 0 Å². The van der Waals surface area contributed by atoms with Crippen LogP contribution in [0.25, 0.3) is 11.3 Å². The molecule has 0 aliphatic rings. The first-order valence-electron chi connectivity index (χ1n) is 6.30. The van der Waals surface area contributed by atoms with Crippen molar-refractivity contribution in [1.82, 2.24) is 14.9 Å². The molecule has 7 nitrogen and oxygen atoms in total. The summed E-state index contributed by atoms with van der Waals surface area (Å²) >= 11 is 0. The standard InChI is InChI=1S/C12H14F2N4O3S/c1-12(13,14)11-7-10(16-17(11)2)9-3-4-18(15-8-9)5-6-22(19,20)21/h3-4,7-8H,5-6H2,1-2H3/p+1. The molecule has 10 heteroatoms. The van der Waals surface area contributed by atoms with E-state index < -0.39 is 21.8 Å². The first kappa shape index (κ1) is 16.4. The summed E-state index contributed by atoms with van der Waals surface area (Å²) in [6.45, 7) is 0.778. The van der Waals surface area contributed by atoms with Crippen molar-refractivity contribution in [1.29, 1.82) is 0 Å². The first-order valence-corrected chi connectivity index (χ1v) is 7.91. The van der Waals surface area contributed by atoms with Crippen molar-refractivity contribution in [2.45, 2.75) is 19.4 Å². The molecule has 22 heavy (non-hydrogen) atoms. The van der Waals surface area contributed by atoms with Crippen LogP contribution in [0.5, 0.6) is 0 Å². The van der Waals surface area contributed by atoms with Crippen molar-refractivity contribution in [2.75, 3.05) is 5.75 Å². The molecule has 0 atom stereocenters. The fraction of sp³-hybridized carbons (Fsp3) is 0.417. The maximum absolute atomic E-state index is 13.4.